The second-order valence-electron chi connectivity index (χ2n) is 7.11. The summed E-state index contributed by atoms with van der Waals surface area (Å²) in [6, 6.07) is 8.55. The summed E-state index contributed by atoms with van der Waals surface area (Å²) >= 11 is 0. The van der Waals surface area contributed by atoms with Crippen molar-refractivity contribution in [3.05, 3.63) is 53.9 Å². The van der Waals surface area contributed by atoms with Gasteiger partial charge >= 0.3 is 5.97 Å². The molecule has 28 heavy (non-hydrogen) atoms. The monoisotopic (exact) mass is 381 g/mol. The minimum Gasteiger partial charge on any atom is -0.481 e. The number of carbonyl (C=O) groups excluding carboxylic acids is 2. The van der Waals surface area contributed by atoms with Crippen LogP contribution in [0.2, 0.25) is 0 Å². The van der Waals surface area contributed by atoms with Crippen LogP contribution in [0.5, 0.6) is 0 Å². The van der Waals surface area contributed by atoms with Crippen LogP contribution < -0.4 is 10.6 Å². The summed E-state index contributed by atoms with van der Waals surface area (Å²) < 4.78 is 0. The fourth-order valence-electron chi connectivity index (χ4n) is 3.43. The quantitative estimate of drug-likeness (QED) is 0.735. The molecule has 0 aliphatic heterocycles. The molecule has 1 aliphatic rings. The minimum absolute atomic E-state index is 0.179. The van der Waals surface area contributed by atoms with Crippen LogP contribution in [0.25, 0.3) is 0 Å². The summed E-state index contributed by atoms with van der Waals surface area (Å²) in [6.07, 6.45) is 5.50. The third-order valence-corrected chi connectivity index (χ3v) is 5.09. The van der Waals surface area contributed by atoms with E-state index >= 15 is 0 Å². The molecule has 146 valence electrons. The van der Waals surface area contributed by atoms with Gasteiger partial charge < -0.3 is 15.7 Å². The summed E-state index contributed by atoms with van der Waals surface area (Å²) in [5, 5.41) is 14.9. The van der Waals surface area contributed by atoms with Crippen LogP contribution in [0, 0.1) is 18.8 Å². The molecule has 1 aromatic heterocycles. The molecule has 3 rings (SSSR count). The van der Waals surface area contributed by atoms with Gasteiger partial charge in [-0.15, -0.1) is 0 Å². The number of anilines is 2. The first-order chi connectivity index (χ1) is 13.4. The molecular weight excluding hydrogens is 358 g/mol. The number of hydrogen-bond acceptors (Lipinski definition) is 4. The van der Waals surface area contributed by atoms with Crippen LogP contribution >= 0.6 is 0 Å². The van der Waals surface area contributed by atoms with Crippen LogP contribution in [0.4, 0.5) is 11.4 Å². The van der Waals surface area contributed by atoms with Crippen LogP contribution in [-0.4, -0.2) is 27.9 Å². The number of pyridine rings is 1. The summed E-state index contributed by atoms with van der Waals surface area (Å²) in [4.78, 5) is 40.0. The van der Waals surface area contributed by atoms with Crippen LogP contribution in [0.1, 0.15) is 41.6 Å². The van der Waals surface area contributed by atoms with E-state index in [-0.39, 0.29) is 17.7 Å². The Bertz CT molecular complexity index is 882. The van der Waals surface area contributed by atoms with Gasteiger partial charge in [0.1, 0.15) is 0 Å². The molecule has 2 unspecified atom stereocenters. The number of aryl methyl sites for hydroxylation is 1. The molecule has 0 saturated heterocycles. The lowest BCUT2D eigenvalue weighted by Crippen LogP contribution is -2.31. The second kappa shape index (κ2) is 8.65. The summed E-state index contributed by atoms with van der Waals surface area (Å²) in [6.45, 7) is 1.87. The fraction of sp³-hybridized carbons (Fsp3) is 0.333. The number of nitrogens with zero attached hydrogens (tertiary/aromatic N) is 1. The van der Waals surface area contributed by atoms with Crippen molar-refractivity contribution in [3.8, 4) is 0 Å². The lowest BCUT2D eigenvalue weighted by atomic mass is 9.81. The van der Waals surface area contributed by atoms with E-state index in [0.29, 0.717) is 36.2 Å². The number of carbonyl (C=O) groups is 3. The fourth-order valence-corrected chi connectivity index (χ4v) is 3.43. The van der Waals surface area contributed by atoms with Gasteiger partial charge in [-0.05, 0) is 56.0 Å². The number of carboxylic acids is 1. The highest BCUT2D eigenvalue weighted by atomic mass is 16.4. The molecule has 1 fully saturated rings. The Morgan fingerprint density at radius 3 is 2.46 bits per heavy atom. The second-order valence-corrected chi connectivity index (χ2v) is 7.11. The van der Waals surface area contributed by atoms with Crippen molar-refractivity contribution in [2.75, 3.05) is 10.6 Å². The van der Waals surface area contributed by atoms with Gasteiger partial charge in [0.05, 0.1) is 5.92 Å². The summed E-state index contributed by atoms with van der Waals surface area (Å²) in [7, 11) is 0. The first-order valence-corrected chi connectivity index (χ1v) is 9.29. The zero-order chi connectivity index (χ0) is 20.1. The zero-order valence-corrected chi connectivity index (χ0v) is 15.6. The standard InChI is InChI=1S/C21H23N3O4/c1-13-5-6-17(12-18(13)24-19(25)14-7-9-22-10-8-14)23-20(26)15-3-2-4-16(11-15)21(27)28/h5-10,12,15-16H,2-4,11H2,1H3,(H,23,26)(H,24,25)(H,27,28). The van der Waals surface area contributed by atoms with Crippen LogP contribution in [0.15, 0.2) is 42.7 Å². The van der Waals surface area contributed by atoms with E-state index in [1.54, 1.807) is 36.7 Å². The predicted octanol–water partition coefficient (Wildman–Crippen LogP) is 3.47. The molecule has 1 aliphatic carbocycles. The Labute approximate surface area is 163 Å². The molecule has 2 amide bonds. The van der Waals surface area contributed by atoms with E-state index < -0.39 is 11.9 Å². The lowest BCUT2D eigenvalue weighted by Gasteiger charge is -2.25. The van der Waals surface area contributed by atoms with Gasteiger partial charge in [0.15, 0.2) is 0 Å². The molecule has 0 bridgehead atoms. The Kier molecular flexibility index (Phi) is 6.03. The number of amides is 2. The van der Waals surface area contributed by atoms with Gasteiger partial charge in [-0.1, -0.05) is 12.5 Å². The number of benzene rings is 1. The van der Waals surface area contributed by atoms with Gasteiger partial charge in [0.25, 0.3) is 5.91 Å². The largest absolute Gasteiger partial charge is 0.481 e. The third-order valence-electron chi connectivity index (χ3n) is 5.09. The van der Waals surface area contributed by atoms with Crippen LogP contribution in [0.3, 0.4) is 0 Å². The van der Waals surface area contributed by atoms with E-state index in [0.717, 1.165) is 12.0 Å². The Morgan fingerprint density at radius 2 is 1.75 bits per heavy atom. The van der Waals surface area contributed by atoms with E-state index in [2.05, 4.69) is 15.6 Å². The van der Waals surface area contributed by atoms with Crippen molar-refractivity contribution in [2.45, 2.75) is 32.6 Å². The van der Waals surface area contributed by atoms with Crippen molar-refractivity contribution >= 4 is 29.2 Å². The first kappa shape index (κ1) is 19.5. The summed E-state index contributed by atoms with van der Waals surface area (Å²) in [5.41, 5.74) is 2.53. The molecule has 7 nitrogen and oxygen atoms in total. The number of aromatic nitrogens is 1. The predicted molar refractivity (Wildman–Crippen MR) is 105 cm³/mol. The number of aliphatic carboxylic acids is 1. The van der Waals surface area contributed by atoms with E-state index in [1.807, 2.05) is 13.0 Å². The molecule has 0 spiro atoms. The van der Waals surface area contributed by atoms with Gasteiger partial charge in [0.2, 0.25) is 5.91 Å². The number of nitrogens with one attached hydrogen (secondary N) is 2. The average molecular weight is 381 g/mol. The highest BCUT2D eigenvalue weighted by molar-refractivity contribution is 6.05. The maximum absolute atomic E-state index is 12.6. The lowest BCUT2D eigenvalue weighted by molar-refractivity contribution is -0.143. The molecule has 1 heterocycles. The topological polar surface area (TPSA) is 108 Å². The van der Waals surface area contributed by atoms with Gasteiger partial charge in [0, 0.05) is 35.2 Å². The van der Waals surface area contributed by atoms with Crippen molar-refractivity contribution < 1.29 is 19.5 Å². The van der Waals surface area contributed by atoms with E-state index in [1.165, 1.54) is 0 Å². The normalized spacial score (nSPS) is 18.9. The number of carboxylic acid groups (broad SMARTS) is 1. The zero-order valence-electron chi connectivity index (χ0n) is 15.6. The van der Waals surface area contributed by atoms with Gasteiger partial charge in [-0.2, -0.15) is 0 Å². The molecule has 7 heteroatoms. The number of rotatable bonds is 5. The SMILES string of the molecule is Cc1ccc(NC(=O)C2CCCC(C(=O)O)C2)cc1NC(=O)c1ccncc1. The highest BCUT2D eigenvalue weighted by Crippen LogP contribution is 2.30. The van der Waals surface area contributed by atoms with E-state index in [4.69, 9.17) is 0 Å². The Balaban J connectivity index is 1.68. The Hall–Kier alpha value is -3.22. The maximum atomic E-state index is 12.6. The van der Waals surface area contributed by atoms with Crippen molar-refractivity contribution in [1.29, 1.82) is 0 Å². The molecule has 2 atom stereocenters. The molecule has 2 aromatic rings. The van der Waals surface area contributed by atoms with Crippen LogP contribution in [-0.2, 0) is 9.59 Å². The van der Waals surface area contributed by atoms with E-state index in [9.17, 15) is 19.5 Å². The average Bonchev–Trinajstić information content (AvgIpc) is 2.71. The molecule has 3 N–H and O–H groups in total. The van der Waals surface area contributed by atoms with Gasteiger partial charge in [-0.3, -0.25) is 19.4 Å². The maximum Gasteiger partial charge on any atom is 0.306 e. The first-order valence-electron chi connectivity index (χ1n) is 9.29. The van der Waals surface area contributed by atoms with Gasteiger partial charge in [-0.25, -0.2) is 0 Å². The number of hydrogen-bond donors (Lipinski definition) is 3. The molecule has 1 saturated carbocycles. The molecule has 1 aromatic carbocycles. The Morgan fingerprint density at radius 1 is 1.04 bits per heavy atom. The van der Waals surface area contributed by atoms with Crippen molar-refractivity contribution in [2.24, 2.45) is 11.8 Å². The molecular formula is C21H23N3O4. The highest BCUT2D eigenvalue weighted by Gasteiger charge is 2.31. The smallest absolute Gasteiger partial charge is 0.306 e. The summed E-state index contributed by atoms with van der Waals surface area (Å²) in [5.74, 6) is -2.05. The third kappa shape index (κ3) is 4.73. The van der Waals surface area contributed by atoms with Crippen molar-refractivity contribution in [3.63, 3.8) is 0 Å². The molecule has 0 radical (unpaired) electrons. The van der Waals surface area contributed by atoms with Crippen molar-refractivity contribution in [1.82, 2.24) is 4.98 Å². The minimum atomic E-state index is -0.839.